The second-order valence-electron chi connectivity index (χ2n) is 36.8. The molecule has 18 aromatic rings. The van der Waals surface area contributed by atoms with E-state index in [1.165, 1.54) is 157 Å². The number of aromatic nitrogens is 13. The Labute approximate surface area is 835 Å². The van der Waals surface area contributed by atoms with Crippen LogP contribution in [0.15, 0.2) is 322 Å². The molecule has 4 aliphatic heterocycles. The third-order valence-corrected chi connectivity index (χ3v) is 26.7. The monoisotopic (exact) mass is 1930 g/mol. The summed E-state index contributed by atoms with van der Waals surface area (Å²) in [5, 5.41) is 25.5. The maximum absolute atomic E-state index is 12.9. The van der Waals surface area contributed by atoms with E-state index in [2.05, 4.69) is 112 Å². The number of halogens is 4. The smallest absolute Gasteiger partial charge is 0.416 e. The van der Waals surface area contributed by atoms with Gasteiger partial charge in [0.25, 0.3) is 11.8 Å². The van der Waals surface area contributed by atoms with Gasteiger partial charge in [0.2, 0.25) is 0 Å². The number of likely N-dealkylation sites (tertiary alicyclic amines) is 4. The summed E-state index contributed by atoms with van der Waals surface area (Å²) in [4.78, 5) is 58.1. The number of hydrogen-bond acceptors (Lipinski definition) is 17. The first-order valence-corrected chi connectivity index (χ1v) is 50.1. The van der Waals surface area contributed by atoms with Crippen molar-refractivity contribution in [1.82, 2.24) is 83.0 Å². The standard InChI is InChI=1S/C33H32ClN5O.C33H33N5O.C26H25F3N4O.C24H25N5O/c34-28-8-3-7-27(23-28)33(40)35-29-17-15-26(16-18-29)30-9-4-10-32-36-31(37-39(30)32)22-25-13-11-24(12-14-25)6-5-21-38-19-1-2-20-38;39-33(28-9-2-1-3-10-28)34-29-19-17-27(18-20-29)30-11-6-12-32-35-31(36-38(30)32)24-26-15-13-25(14-16-26)8-7-23-37-21-4-5-22-37;27-26(28,29)21-10-8-20(9-11-21)23-4-3-5-25-30-24(31-33(23)25)18-19-6-12-22(13-7-19)34-17-16-32-14-1-2-15-32;1-2-15-28(14-1)16-17-30-21-8-6-19(7-9-21)18-23-26-24-5-3-4-22(29(24)27-23)20-10-12-25-13-11-20/h3-4,7-18,23H,1-2,5-6,19-22H2,(H,35,40);1-3,6,9-20H,4-5,7-8,21-24H2,(H,34,39);3-13H,1-2,14-18H2;3-13H,1-2,14-18H2. The molecular weight excluding hydrogens is 1820 g/mol. The largest absolute Gasteiger partial charge is 0.492 e. The molecule has 0 saturated carbocycles. The Bertz CT molecular complexity index is 7210. The fourth-order valence-corrected chi connectivity index (χ4v) is 19.0. The molecular formula is C116H115ClF3N19O4. The quantitative estimate of drug-likeness (QED) is 0.0400. The summed E-state index contributed by atoms with van der Waals surface area (Å²) in [5.74, 6) is 4.48. The molecule has 0 atom stereocenters. The van der Waals surface area contributed by atoms with E-state index in [0.717, 1.165) is 149 Å². The van der Waals surface area contributed by atoms with Crippen molar-refractivity contribution in [2.45, 2.75) is 109 Å². The predicted octanol–water partition coefficient (Wildman–Crippen LogP) is 22.5. The Morgan fingerprint density at radius 2 is 0.629 bits per heavy atom. The van der Waals surface area contributed by atoms with Crippen molar-refractivity contribution in [3.63, 3.8) is 0 Å². The van der Waals surface area contributed by atoms with Crippen LogP contribution in [0.1, 0.15) is 147 Å². The number of anilines is 2. The van der Waals surface area contributed by atoms with E-state index < -0.39 is 11.7 Å². The molecule has 0 spiro atoms. The highest BCUT2D eigenvalue weighted by Crippen LogP contribution is 2.34. The molecule has 9 aromatic carbocycles. The summed E-state index contributed by atoms with van der Waals surface area (Å²) in [6, 6.07) is 98.3. The van der Waals surface area contributed by atoms with Crippen molar-refractivity contribution >= 4 is 57.4 Å². The fourth-order valence-electron chi connectivity index (χ4n) is 18.8. The van der Waals surface area contributed by atoms with Gasteiger partial charge in [0.05, 0.1) is 28.3 Å². The highest BCUT2D eigenvalue weighted by molar-refractivity contribution is 6.31. The Hall–Kier alpha value is -14.9. The summed E-state index contributed by atoms with van der Waals surface area (Å²) in [6.07, 6.45) is 17.1. The van der Waals surface area contributed by atoms with E-state index in [9.17, 15) is 22.8 Å². The highest BCUT2D eigenvalue weighted by atomic mass is 35.5. The average Bonchev–Trinajstić information content (AvgIpc) is 1.61. The minimum Gasteiger partial charge on any atom is -0.492 e. The Kier molecular flexibility index (Phi) is 31.9. The average molecular weight is 1930 g/mol. The summed E-state index contributed by atoms with van der Waals surface area (Å²) in [7, 11) is 0. The topological polar surface area (TPSA) is 223 Å². The van der Waals surface area contributed by atoms with Gasteiger partial charge in [-0.3, -0.25) is 24.4 Å². The van der Waals surface area contributed by atoms with Crippen LogP contribution in [0.5, 0.6) is 11.5 Å². The zero-order chi connectivity index (χ0) is 97.5. The summed E-state index contributed by atoms with van der Waals surface area (Å²) in [5.41, 5.74) is 19.8. The lowest BCUT2D eigenvalue weighted by Gasteiger charge is -2.14. The van der Waals surface area contributed by atoms with Gasteiger partial charge in [0.1, 0.15) is 24.7 Å². The molecule has 22 rings (SSSR count). The molecule has 2 amide bonds. The lowest BCUT2D eigenvalue weighted by molar-refractivity contribution is -0.137. The van der Waals surface area contributed by atoms with E-state index in [4.69, 9.17) is 51.3 Å². The number of pyridine rings is 5. The zero-order valence-corrected chi connectivity index (χ0v) is 80.8. The first-order chi connectivity index (χ1) is 70.1. The molecule has 0 aliphatic carbocycles. The number of carbonyl (C=O) groups excluding carboxylic acids is 2. The van der Waals surface area contributed by atoms with E-state index in [0.29, 0.717) is 76.9 Å². The van der Waals surface area contributed by atoms with E-state index >= 15 is 0 Å². The molecule has 2 N–H and O–H groups in total. The Morgan fingerprint density at radius 1 is 0.322 bits per heavy atom. The molecule has 726 valence electrons. The van der Waals surface area contributed by atoms with Gasteiger partial charge in [-0.25, -0.2) is 38.0 Å². The van der Waals surface area contributed by atoms with Crippen LogP contribution < -0.4 is 20.1 Å². The van der Waals surface area contributed by atoms with Crippen LogP contribution in [0.25, 0.3) is 67.6 Å². The van der Waals surface area contributed by atoms with Crippen LogP contribution in [0.4, 0.5) is 24.5 Å². The molecule has 0 unspecified atom stereocenters. The summed E-state index contributed by atoms with van der Waals surface area (Å²) < 4.78 is 57.8. The number of hydrogen-bond donors (Lipinski definition) is 2. The van der Waals surface area contributed by atoms with E-state index in [1.807, 2.05) is 196 Å². The Balaban J connectivity index is 0.000000122. The first kappa shape index (κ1) is 96.9. The number of alkyl halides is 3. The number of amides is 2. The second kappa shape index (κ2) is 47.1. The van der Waals surface area contributed by atoms with Crippen molar-refractivity contribution in [2.75, 3.05) is 102 Å². The number of rotatable bonds is 32. The van der Waals surface area contributed by atoms with Gasteiger partial charge in [0, 0.05) is 101 Å². The minimum absolute atomic E-state index is 0.124. The van der Waals surface area contributed by atoms with Gasteiger partial charge >= 0.3 is 6.18 Å². The molecule has 4 saturated heterocycles. The fraction of sp³-hybridized carbons (Fsp3) is 0.267. The van der Waals surface area contributed by atoms with E-state index in [-0.39, 0.29) is 11.8 Å². The second-order valence-corrected chi connectivity index (χ2v) is 37.3. The molecule has 9 aromatic heterocycles. The maximum Gasteiger partial charge on any atom is 0.416 e. The number of benzene rings is 9. The molecule has 4 fully saturated rings. The van der Waals surface area contributed by atoms with Crippen LogP contribution in [0, 0.1) is 0 Å². The normalized spacial score (nSPS) is 14.0. The van der Waals surface area contributed by atoms with Crippen LogP contribution in [0.2, 0.25) is 5.02 Å². The molecule has 4 aliphatic rings. The van der Waals surface area contributed by atoms with Gasteiger partial charge in [-0.05, 0) is 328 Å². The van der Waals surface area contributed by atoms with Gasteiger partial charge < -0.3 is 29.9 Å². The van der Waals surface area contributed by atoms with Crippen LogP contribution in [0.3, 0.4) is 0 Å². The highest BCUT2D eigenvalue weighted by Gasteiger charge is 2.31. The SMILES string of the molecule is FC(F)(F)c1ccc(-c2cccc3nc(Cc4ccc(OCCN5CCCC5)cc4)nn23)cc1.O=C(Nc1ccc(-c2cccc3nc(Cc4ccc(CCCN5CCCC5)cc4)nn23)cc1)c1cccc(Cl)c1.O=C(Nc1ccc(-c2cccc3nc(Cc4ccc(CCCN5CCCC5)cc4)nn23)cc1)c1ccccc1.c1cc(-c2ccncc2)n2nc(Cc3ccc(OCCN4CCCC4)cc3)nc2c1. The molecule has 0 radical (unpaired) electrons. The lowest BCUT2D eigenvalue weighted by Crippen LogP contribution is -2.25. The summed E-state index contributed by atoms with van der Waals surface area (Å²) >= 11 is 6.02. The third kappa shape index (κ3) is 26.3. The third-order valence-electron chi connectivity index (χ3n) is 26.5. The van der Waals surface area contributed by atoms with Crippen LogP contribution in [-0.4, -0.2) is 187 Å². The van der Waals surface area contributed by atoms with Crippen molar-refractivity contribution in [1.29, 1.82) is 0 Å². The zero-order valence-electron chi connectivity index (χ0n) is 80.1. The molecule has 143 heavy (non-hydrogen) atoms. The van der Waals surface area contributed by atoms with Gasteiger partial charge in [0.15, 0.2) is 45.9 Å². The Morgan fingerprint density at radius 3 is 0.979 bits per heavy atom. The van der Waals surface area contributed by atoms with E-state index in [1.54, 1.807) is 53.3 Å². The number of fused-ring (bicyclic) bond motifs is 4. The molecule has 0 bridgehead atoms. The van der Waals surface area contributed by atoms with Crippen molar-refractivity contribution < 1.29 is 32.2 Å². The van der Waals surface area contributed by atoms with Gasteiger partial charge in [-0.1, -0.05) is 169 Å². The van der Waals surface area contributed by atoms with Crippen molar-refractivity contribution in [2.24, 2.45) is 0 Å². The van der Waals surface area contributed by atoms with Gasteiger partial charge in [-0.15, -0.1) is 0 Å². The lowest BCUT2D eigenvalue weighted by atomic mass is 10.1. The number of aryl methyl sites for hydroxylation is 2. The molecule has 23 nitrogen and oxygen atoms in total. The number of ether oxygens (including phenoxy) is 2. The predicted molar refractivity (Wildman–Crippen MR) is 558 cm³/mol. The maximum atomic E-state index is 12.9. The molecule has 27 heteroatoms. The first-order valence-electron chi connectivity index (χ1n) is 49.7. The van der Waals surface area contributed by atoms with Crippen molar-refractivity contribution in [3.05, 3.63) is 400 Å². The summed E-state index contributed by atoms with van der Waals surface area (Å²) in [6.45, 7) is 15.6. The number of nitrogens with zero attached hydrogens (tertiary/aromatic N) is 17. The van der Waals surface area contributed by atoms with Crippen molar-refractivity contribution in [3.8, 4) is 56.5 Å². The number of nitrogens with one attached hydrogen (secondary N) is 2. The number of carbonyl (C=O) groups is 2. The van der Waals surface area contributed by atoms with Crippen LogP contribution >= 0.6 is 11.6 Å². The minimum atomic E-state index is -4.36. The van der Waals surface area contributed by atoms with Crippen LogP contribution in [-0.2, 0) is 44.7 Å². The van der Waals surface area contributed by atoms with Gasteiger partial charge in [-0.2, -0.15) is 33.6 Å². The molecule has 13 heterocycles.